The average Bonchev–Trinajstić information content (AvgIpc) is 1.82. The van der Waals surface area contributed by atoms with Crippen molar-refractivity contribution in [1.82, 2.24) is 0 Å². The molecule has 2 nitrogen and oxygen atoms in total. The van der Waals surface area contributed by atoms with Crippen molar-refractivity contribution < 1.29 is 35.8 Å². The van der Waals surface area contributed by atoms with Gasteiger partial charge in [-0.2, -0.15) is 17.6 Å². The van der Waals surface area contributed by atoms with E-state index < -0.39 is 24.9 Å². The van der Waals surface area contributed by atoms with Crippen molar-refractivity contribution in [2.75, 3.05) is 0 Å². The monoisotopic (exact) mass is 196 g/mol. The first-order valence-corrected chi connectivity index (χ1v) is 2.65. The zero-order valence-electron chi connectivity index (χ0n) is 5.24. The van der Waals surface area contributed by atoms with Crippen LogP contribution in [0.3, 0.4) is 0 Å². The summed E-state index contributed by atoms with van der Waals surface area (Å²) in [4.78, 5) is 0. The van der Waals surface area contributed by atoms with E-state index in [2.05, 4.69) is 9.47 Å². The van der Waals surface area contributed by atoms with Gasteiger partial charge in [-0.3, -0.25) is 4.74 Å². The summed E-state index contributed by atoms with van der Waals surface area (Å²) in [6.45, 7) is 0. The van der Waals surface area contributed by atoms with Gasteiger partial charge in [-0.25, -0.2) is 13.5 Å². The van der Waals surface area contributed by atoms with E-state index in [-0.39, 0.29) is 0 Å². The summed E-state index contributed by atoms with van der Waals surface area (Å²) < 4.78 is 76.9. The maximum atomic E-state index is 11.9. The van der Waals surface area contributed by atoms with Gasteiger partial charge >= 0.3 is 12.2 Å². The molecule has 1 saturated heterocycles. The smallest absolute Gasteiger partial charge is 0.299 e. The van der Waals surface area contributed by atoms with E-state index in [1.165, 1.54) is 0 Å². The van der Waals surface area contributed by atoms with Crippen molar-refractivity contribution in [3.8, 4) is 0 Å². The predicted molar refractivity (Wildman–Crippen MR) is 21.9 cm³/mol. The third-order valence-corrected chi connectivity index (χ3v) is 1.04. The third-order valence-electron chi connectivity index (χ3n) is 1.04. The Morgan fingerprint density at radius 3 is 1.42 bits per heavy atom. The molecule has 0 aromatic heterocycles. The van der Waals surface area contributed by atoms with Crippen molar-refractivity contribution in [2.45, 2.75) is 24.9 Å². The van der Waals surface area contributed by atoms with Crippen LogP contribution in [-0.4, -0.2) is 24.9 Å². The van der Waals surface area contributed by atoms with Crippen LogP contribution in [-0.2, 0) is 9.47 Å². The molecule has 0 bridgehead atoms. The van der Waals surface area contributed by atoms with Gasteiger partial charge in [0, 0.05) is 0 Å². The van der Waals surface area contributed by atoms with Crippen LogP contribution in [0.15, 0.2) is 0 Å². The maximum absolute atomic E-state index is 11.9. The third kappa shape index (κ3) is 1.48. The van der Waals surface area contributed by atoms with Crippen LogP contribution >= 0.6 is 0 Å². The molecule has 0 amide bonds. The van der Waals surface area contributed by atoms with Crippen LogP contribution in [0.1, 0.15) is 0 Å². The van der Waals surface area contributed by atoms with E-state index in [9.17, 15) is 26.3 Å². The number of rotatable bonds is 0. The zero-order chi connectivity index (χ0) is 9.57. The molecule has 2 atom stereocenters. The van der Waals surface area contributed by atoms with Gasteiger partial charge in [0.15, 0.2) is 0 Å². The fourth-order valence-corrected chi connectivity index (χ4v) is 0.537. The van der Waals surface area contributed by atoms with E-state index in [1.807, 2.05) is 0 Å². The highest BCUT2D eigenvalue weighted by Crippen LogP contribution is 2.40. The van der Waals surface area contributed by atoms with Crippen LogP contribution in [0.5, 0.6) is 0 Å². The summed E-state index contributed by atoms with van der Waals surface area (Å²) in [5.74, 6) is 0. The number of ether oxygens (including phenoxy) is 2. The van der Waals surface area contributed by atoms with Crippen LogP contribution in [0.4, 0.5) is 26.3 Å². The molecule has 0 N–H and O–H groups in total. The molecule has 0 radical (unpaired) electrons. The normalized spacial score (nSPS) is 39.5. The molecule has 0 aliphatic carbocycles. The molecule has 12 heavy (non-hydrogen) atoms. The molecule has 0 saturated carbocycles. The van der Waals surface area contributed by atoms with Crippen molar-refractivity contribution in [3.05, 3.63) is 0 Å². The second kappa shape index (κ2) is 2.49. The highest BCUT2D eigenvalue weighted by molar-refractivity contribution is 4.71. The van der Waals surface area contributed by atoms with Gasteiger partial charge in [0.2, 0.25) is 0 Å². The van der Waals surface area contributed by atoms with Crippen molar-refractivity contribution in [2.24, 2.45) is 0 Å². The van der Waals surface area contributed by atoms with Crippen molar-refractivity contribution in [3.63, 3.8) is 0 Å². The molecule has 0 aromatic carbocycles. The summed E-state index contributed by atoms with van der Waals surface area (Å²) in [6, 6.07) is 0. The second-order valence-corrected chi connectivity index (χ2v) is 1.99. The molecule has 1 rings (SSSR count). The van der Waals surface area contributed by atoms with Crippen LogP contribution in [0.2, 0.25) is 0 Å². The van der Waals surface area contributed by atoms with E-state index in [4.69, 9.17) is 0 Å². The number of hydrogen-bond acceptors (Lipinski definition) is 2. The Hall–Kier alpha value is -0.500. The topological polar surface area (TPSA) is 18.5 Å². The quantitative estimate of drug-likeness (QED) is 0.550. The van der Waals surface area contributed by atoms with Gasteiger partial charge in [-0.05, 0) is 0 Å². The Bertz CT molecular complexity index is 164. The molecule has 1 heterocycles. The molecular formula is C4H2F6O2. The summed E-state index contributed by atoms with van der Waals surface area (Å²) in [5, 5.41) is 0. The first kappa shape index (κ1) is 9.59. The summed E-state index contributed by atoms with van der Waals surface area (Å²) in [6.07, 6.45) is -16.7. The Balaban J connectivity index is 2.78. The number of alkyl halides is 6. The van der Waals surface area contributed by atoms with Gasteiger partial charge in [-0.15, -0.1) is 0 Å². The largest absolute Gasteiger partial charge is 0.416 e. The lowest BCUT2D eigenvalue weighted by molar-refractivity contribution is -0.503. The first-order chi connectivity index (χ1) is 5.26. The molecule has 1 fully saturated rings. The molecule has 8 heteroatoms. The first-order valence-electron chi connectivity index (χ1n) is 2.65. The van der Waals surface area contributed by atoms with Crippen LogP contribution < -0.4 is 0 Å². The number of hydrogen-bond donors (Lipinski definition) is 0. The van der Waals surface area contributed by atoms with Crippen LogP contribution in [0, 0.1) is 0 Å². The molecule has 0 aromatic rings. The highest BCUT2D eigenvalue weighted by atomic mass is 19.3. The molecule has 1 aliphatic heterocycles. The zero-order valence-corrected chi connectivity index (χ0v) is 5.24. The van der Waals surface area contributed by atoms with Gasteiger partial charge in [0.25, 0.3) is 12.7 Å². The standard InChI is InChI=1S/C4H2F6O2/c5-1-3(7,8)12-4(9,10)2(6)11-1/h1-2H/t1-,2-/m1/s1. The summed E-state index contributed by atoms with van der Waals surface area (Å²) in [5.41, 5.74) is 0. The maximum Gasteiger partial charge on any atom is 0.416 e. The van der Waals surface area contributed by atoms with E-state index >= 15 is 0 Å². The lowest BCUT2D eigenvalue weighted by atomic mass is 10.5. The Labute approximate surface area is 62.0 Å². The SMILES string of the molecule is F[C@@H]1O[C@@H](F)C(F)(F)OC1(F)F. The van der Waals surface area contributed by atoms with Crippen molar-refractivity contribution in [1.29, 1.82) is 0 Å². The van der Waals surface area contributed by atoms with Gasteiger partial charge < -0.3 is 0 Å². The average molecular weight is 196 g/mol. The lowest BCUT2D eigenvalue weighted by Gasteiger charge is -2.33. The predicted octanol–water partition coefficient (Wildman–Crippen LogP) is 1.81. The molecular weight excluding hydrogens is 194 g/mol. The molecule has 0 unspecified atom stereocenters. The van der Waals surface area contributed by atoms with E-state index in [0.29, 0.717) is 0 Å². The summed E-state index contributed by atoms with van der Waals surface area (Å²) in [7, 11) is 0. The Morgan fingerprint density at radius 2 is 1.17 bits per heavy atom. The van der Waals surface area contributed by atoms with Gasteiger partial charge in [-0.1, -0.05) is 0 Å². The fourth-order valence-electron chi connectivity index (χ4n) is 0.537. The minimum absolute atomic E-state index is 2.54. The van der Waals surface area contributed by atoms with Crippen LogP contribution in [0.25, 0.3) is 0 Å². The number of halogens is 6. The van der Waals surface area contributed by atoms with Crippen molar-refractivity contribution >= 4 is 0 Å². The highest BCUT2D eigenvalue weighted by Gasteiger charge is 2.62. The van der Waals surface area contributed by atoms with E-state index in [1.54, 1.807) is 0 Å². The fraction of sp³-hybridized carbons (Fsp3) is 1.00. The van der Waals surface area contributed by atoms with E-state index in [0.717, 1.165) is 0 Å². The summed E-state index contributed by atoms with van der Waals surface area (Å²) >= 11 is 0. The molecule has 72 valence electrons. The lowest BCUT2D eigenvalue weighted by Crippen LogP contribution is -2.54. The Morgan fingerprint density at radius 1 is 0.833 bits per heavy atom. The minimum Gasteiger partial charge on any atom is -0.299 e. The second-order valence-electron chi connectivity index (χ2n) is 1.99. The van der Waals surface area contributed by atoms with Gasteiger partial charge in [0.1, 0.15) is 0 Å². The Kier molecular flexibility index (Phi) is 1.99. The molecule has 0 spiro atoms. The molecule has 1 aliphatic rings. The van der Waals surface area contributed by atoms with Gasteiger partial charge in [0.05, 0.1) is 0 Å². The minimum atomic E-state index is -4.83.